The minimum absolute atomic E-state index is 0.0940. The zero-order valence-corrected chi connectivity index (χ0v) is 8.11. The monoisotopic (exact) mass is 215 g/mol. The largest absolute Gasteiger partial charge is 0.629 e. The number of hydrogen-bond acceptors (Lipinski definition) is 5. The molecule has 0 aliphatic heterocycles. The summed E-state index contributed by atoms with van der Waals surface area (Å²) in [6.07, 6.45) is 0. The fourth-order valence-corrected chi connectivity index (χ4v) is 1.12. The minimum Gasteiger partial charge on any atom is -0.629 e. The fraction of sp³-hybridized carbons (Fsp3) is 0.143. The average Bonchev–Trinajstić information content (AvgIpc) is 2.16. The molecule has 15 heavy (non-hydrogen) atoms. The van der Waals surface area contributed by atoms with E-state index in [9.17, 15) is 15.6 Å². The van der Waals surface area contributed by atoms with E-state index in [1.807, 2.05) is 0 Å². The molecule has 0 fully saturated rings. The lowest BCUT2D eigenvalue weighted by Crippen LogP contribution is -3.10. The number of nitrogen functional groups attached to an aromatic ring is 2. The van der Waals surface area contributed by atoms with Crippen molar-refractivity contribution in [2.24, 2.45) is 11.7 Å². The molecule has 0 aromatic heterocycles. The van der Waals surface area contributed by atoms with Crippen LogP contribution in [-0.4, -0.2) is 7.05 Å². The van der Waals surface area contributed by atoms with E-state index in [1.54, 1.807) is 0 Å². The van der Waals surface area contributed by atoms with Crippen molar-refractivity contribution in [2.45, 2.75) is 0 Å². The van der Waals surface area contributed by atoms with Gasteiger partial charge in [-0.25, -0.2) is 0 Å². The molecule has 84 valence electrons. The Balaban J connectivity index is 3.20. The first-order chi connectivity index (χ1) is 6.91. The molecule has 0 bridgehead atoms. The van der Waals surface area contributed by atoms with Gasteiger partial charge in [0.2, 0.25) is 0 Å². The number of rotatable bonds is 3. The van der Waals surface area contributed by atoms with E-state index in [2.05, 4.69) is 0 Å². The van der Waals surface area contributed by atoms with Crippen LogP contribution in [0.1, 0.15) is 0 Å². The zero-order chi connectivity index (χ0) is 11.6. The second kappa shape index (κ2) is 4.61. The van der Waals surface area contributed by atoms with Crippen LogP contribution in [0.3, 0.4) is 0 Å². The van der Waals surface area contributed by atoms with Gasteiger partial charge in [0.1, 0.15) is 5.69 Å². The summed E-state index contributed by atoms with van der Waals surface area (Å²) < 4.78 is 0. The zero-order valence-electron chi connectivity index (χ0n) is 8.11. The third kappa shape index (κ3) is 2.92. The predicted molar refractivity (Wildman–Crippen MR) is 52.7 cm³/mol. The third-order valence-corrected chi connectivity index (χ3v) is 1.91. The second-order valence-electron chi connectivity index (χ2n) is 3.08. The summed E-state index contributed by atoms with van der Waals surface area (Å²) in [6, 6.07) is 3.92. The van der Waals surface area contributed by atoms with Crippen molar-refractivity contribution >= 4 is 17.1 Å². The Morgan fingerprint density at radius 3 is 1.47 bits per heavy atom. The van der Waals surface area contributed by atoms with Crippen molar-refractivity contribution < 1.29 is 15.4 Å². The van der Waals surface area contributed by atoms with Crippen LogP contribution in [0.25, 0.3) is 0 Å². The summed E-state index contributed by atoms with van der Waals surface area (Å²) in [5.74, 6) is 10.1. The second-order valence-corrected chi connectivity index (χ2v) is 3.08. The van der Waals surface area contributed by atoms with Gasteiger partial charge in [0.15, 0.2) is 11.4 Å². The van der Waals surface area contributed by atoms with Crippen molar-refractivity contribution in [2.75, 3.05) is 7.05 Å². The van der Waals surface area contributed by atoms with E-state index in [0.717, 1.165) is 0 Å². The van der Waals surface area contributed by atoms with Gasteiger partial charge >= 0.3 is 0 Å². The van der Waals surface area contributed by atoms with Crippen molar-refractivity contribution in [3.05, 3.63) is 33.8 Å². The van der Waals surface area contributed by atoms with Gasteiger partial charge in [0.25, 0.3) is 0 Å². The topological polar surface area (TPSA) is 135 Å². The van der Waals surface area contributed by atoms with E-state index in [4.69, 9.17) is 11.7 Å². The normalized spacial score (nSPS) is 17.2. The smallest absolute Gasteiger partial charge is 0.162 e. The van der Waals surface area contributed by atoms with Crippen molar-refractivity contribution in [3.8, 4) is 0 Å². The number of quaternary nitrogens is 3. The van der Waals surface area contributed by atoms with Gasteiger partial charge in [0.05, 0.1) is 25.2 Å². The van der Waals surface area contributed by atoms with Gasteiger partial charge in [-0.2, -0.15) is 11.7 Å². The number of hydrogen-bond donors (Lipinski definition) is 5. The van der Waals surface area contributed by atoms with Crippen LogP contribution in [-0.2, 0) is 0 Å². The molecular formula is C7H13N5O3. The quantitative estimate of drug-likeness (QED) is 0.259. The van der Waals surface area contributed by atoms with E-state index in [-0.39, 0.29) is 22.1 Å². The van der Waals surface area contributed by atoms with E-state index in [1.165, 1.54) is 25.2 Å². The van der Waals surface area contributed by atoms with Crippen molar-refractivity contribution in [1.82, 2.24) is 0 Å². The number of nitrogens with one attached hydrogen (secondary N) is 3. The minimum atomic E-state index is -0.708. The molecule has 0 heterocycles. The van der Waals surface area contributed by atoms with Gasteiger partial charge in [-0.05, 0) is 0 Å². The van der Waals surface area contributed by atoms with E-state index < -0.39 is 10.3 Å². The molecule has 7 N–H and O–H groups in total. The fourth-order valence-electron chi connectivity index (χ4n) is 1.12. The van der Waals surface area contributed by atoms with Gasteiger partial charge in [-0.3, -0.25) is 10.3 Å². The third-order valence-electron chi connectivity index (χ3n) is 1.91. The summed E-state index contributed by atoms with van der Waals surface area (Å²) in [5, 5.41) is 31.2. The van der Waals surface area contributed by atoms with Crippen molar-refractivity contribution in [1.29, 1.82) is 0 Å². The Bertz CT molecular complexity index is 277. The van der Waals surface area contributed by atoms with Crippen LogP contribution >= 0.6 is 0 Å². The lowest BCUT2D eigenvalue weighted by molar-refractivity contribution is -0.797. The molecule has 0 aliphatic rings. The lowest BCUT2D eigenvalue weighted by atomic mass is 10.2. The summed E-state index contributed by atoms with van der Waals surface area (Å²) in [7, 11) is 1.32. The first-order valence-corrected chi connectivity index (χ1v) is 4.17. The standard InChI is InChI=1S/C7H13N5O3/c1-10(13)5-2-6(11(8)14)4-7(3-5)12(9)15/h2-4,10-12H,8-9H2,1H3. The highest BCUT2D eigenvalue weighted by Gasteiger charge is 2.11. The Labute approximate surface area is 85.9 Å². The highest BCUT2D eigenvalue weighted by Crippen LogP contribution is 2.13. The maximum absolute atomic E-state index is 11.1. The number of benzene rings is 1. The Morgan fingerprint density at radius 2 is 1.20 bits per heavy atom. The molecule has 8 nitrogen and oxygen atoms in total. The average molecular weight is 215 g/mol. The van der Waals surface area contributed by atoms with E-state index in [0.29, 0.717) is 0 Å². The SMILES string of the molecule is C[NH+]([O-])c1cc([NH+](N)[O-])cc([NH+](N)[O-])c1. The highest BCUT2D eigenvalue weighted by molar-refractivity contribution is 5.52. The molecule has 1 aromatic rings. The predicted octanol–water partition coefficient (Wildman–Crippen LogP) is -3.89. The van der Waals surface area contributed by atoms with Crippen LogP contribution in [0, 0.1) is 15.6 Å². The Kier molecular flexibility index (Phi) is 3.68. The first kappa shape index (κ1) is 12.0. The molecule has 3 atom stereocenters. The van der Waals surface area contributed by atoms with Gasteiger partial charge in [-0.15, -0.1) is 0 Å². The van der Waals surface area contributed by atoms with Crippen LogP contribution < -0.4 is 27.1 Å². The molecule has 0 radical (unpaired) electrons. The number of nitrogens with two attached hydrogens (primary N) is 2. The van der Waals surface area contributed by atoms with Crippen molar-refractivity contribution in [3.63, 3.8) is 0 Å². The Hall–Kier alpha value is -1.10. The van der Waals surface area contributed by atoms with Crippen LogP contribution in [0.15, 0.2) is 18.2 Å². The molecule has 8 heteroatoms. The molecule has 0 amide bonds. The lowest BCUT2D eigenvalue weighted by Gasteiger charge is -2.22. The molecule has 3 unspecified atom stereocenters. The molecule has 0 spiro atoms. The molecule has 0 saturated carbocycles. The highest BCUT2D eigenvalue weighted by atomic mass is 16.5. The van der Waals surface area contributed by atoms with Crippen LogP contribution in [0.2, 0.25) is 0 Å². The summed E-state index contributed by atoms with van der Waals surface area (Å²) >= 11 is 0. The van der Waals surface area contributed by atoms with Gasteiger partial charge < -0.3 is 20.7 Å². The van der Waals surface area contributed by atoms with Crippen LogP contribution in [0.5, 0.6) is 0 Å². The van der Waals surface area contributed by atoms with E-state index >= 15 is 0 Å². The van der Waals surface area contributed by atoms with Crippen LogP contribution in [0.4, 0.5) is 17.1 Å². The molecule has 0 aliphatic carbocycles. The van der Waals surface area contributed by atoms with Gasteiger partial charge in [0, 0.05) is 0 Å². The molecule has 1 aromatic carbocycles. The van der Waals surface area contributed by atoms with Gasteiger partial charge in [-0.1, -0.05) is 0 Å². The number of hydroxylamine groups is 1. The first-order valence-electron chi connectivity index (χ1n) is 4.17. The summed E-state index contributed by atoms with van der Waals surface area (Å²) in [6.45, 7) is 0. The molecular weight excluding hydrogens is 202 g/mol. The molecule has 1 rings (SSSR count). The summed E-state index contributed by atoms with van der Waals surface area (Å²) in [4.78, 5) is 0. The maximum atomic E-state index is 11.1. The maximum Gasteiger partial charge on any atom is 0.162 e. The molecule has 0 saturated heterocycles. The summed E-state index contributed by atoms with van der Waals surface area (Å²) in [5.41, 5.74) is 0.424. The Morgan fingerprint density at radius 1 is 0.867 bits per heavy atom.